The summed E-state index contributed by atoms with van der Waals surface area (Å²) in [6.45, 7) is 4.42. The Bertz CT molecular complexity index is 736. The van der Waals surface area contributed by atoms with Crippen molar-refractivity contribution in [2.24, 2.45) is 0 Å². The normalized spacial score (nSPS) is 16.6. The van der Waals surface area contributed by atoms with Gasteiger partial charge in [0, 0.05) is 24.0 Å². The molecule has 0 saturated carbocycles. The monoisotopic (exact) mass is 342 g/mol. The van der Waals surface area contributed by atoms with Crippen LogP contribution in [0.1, 0.15) is 42.3 Å². The Labute approximate surface area is 146 Å². The van der Waals surface area contributed by atoms with Crippen LogP contribution in [0.3, 0.4) is 0 Å². The van der Waals surface area contributed by atoms with Crippen molar-refractivity contribution in [3.05, 3.63) is 51.7 Å². The van der Waals surface area contributed by atoms with Gasteiger partial charge in [-0.3, -0.25) is 9.59 Å². The molecular formula is C19H22N2O2S. The molecule has 0 spiro atoms. The molecule has 3 rings (SSSR count). The molecule has 0 radical (unpaired) electrons. The van der Waals surface area contributed by atoms with E-state index < -0.39 is 0 Å². The summed E-state index contributed by atoms with van der Waals surface area (Å²) >= 11 is 1.80. The van der Waals surface area contributed by atoms with Gasteiger partial charge in [0.15, 0.2) is 0 Å². The molecule has 126 valence electrons. The zero-order valence-corrected chi connectivity index (χ0v) is 14.9. The highest BCUT2D eigenvalue weighted by atomic mass is 32.1. The van der Waals surface area contributed by atoms with Gasteiger partial charge in [-0.25, -0.2) is 0 Å². The van der Waals surface area contributed by atoms with Gasteiger partial charge in [-0.1, -0.05) is 19.1 Å². The van der Waals surface area contributed by atoms with Crippen LogP contribution in [-0.4, -0.2) is 23.3 Å². The number of anilines is 1. The summed E-state index contributed by atoms with van der Waals surface area (Å²) < 4.78 is 0. The molecule has 0 unspecified atom stereocenters. The third kappa shape index (κ3) is 3.51. The van der Waals surface area contributed by atoms with Gasteiger partial charge in [0.25, 0.3) is 0 Å². The number of benzene rings is 1. The van der Waals surface area contributed by atoms with Crippen molar-refractivity contribution in [2.75, 3.05) is 11.9 Å². The van der Waals surface area contributed by atoms with Crippen molar-refractivity contribution in [1.29, 1.82) is 0 Å². The summed E-state index contributed by atoms with van der Waals surface area (Å²) in [6.07, 6.45) is 2.30. The van der Waals surface area contributed by atoms with Crippen LogP contribution in [0, 0.1) is 0 Å². The van der Waals surface area contributed by atoms with E-state index in [1.165, 1.54) is 17.4 Å². The third-order valence-electron chi connectivity index (χ3n) is 4.43. The van der Waals surface area contributed by atoms with Crippen LogP contribution in [0.5, 0.6) is 0 Å². The van der Waals surface area contributed by atoms with E-state index in [9.17, 15) is 9.59 Å². The summed E-state index contributed by atoms with van der Waals surface area (Å²) in [7, 11) is 0. The second-order valence-corrected chi connectivity index (χ2v) is 7.12. The summed E-state index contributed by atoms with van der Waals surface area (Å²) in [5.41, 5.74) is 3.05. The van der Waals surface area contributed by atoms with E-state index in [0.717, 1.165) is 30.6 Å². The number of carbonyl (C=O) groups excluding carboxylic acids is 2. The number of thiophene rings is 1. The Kier molecular flexibility index (Phi) is 5.00. The molecule has 1 N–H and O–H groups in total. The number of fused-ring (bicyclic) bond motifs is 1. The first kappa shape index (κ1) is 16.7. The third-order valence-corrected chi connectivity index (χ3v) is 5.43. The van der Waals surface area contributed by atoms with E-state index in [1.807, 2.05) is 29.2 Å². The molecule has 1 aromatic carbocycles. The van der Waals surface area contributed by atoms with Crippen molar-refractivity contribution in [2.45, 2.75) is 39.2 Å². The van der Waals surface area contributed by atoms with Crippen molar-refractivity contribution in [1.82, 2.24) is 4.90 Å². The fourth-order valence-electron chi connectivity index (χ4n) is 3.32. The smallest absolute Gasteiger partial charge is 0.227 e. The molecular weight excluding hydrogens is 320 g/mol. The van der Waals surface area contributed by atoms with Crippen LogP contribution in [-0.2, 0) is 22.4 Å². The molecule has 1 atom stereocenters. The van der Waals surface area contributed by atoms with Gasteiger partial charge in [-0.05, 0) is 47.5 Å². The summed E-state index contributed by atoms with van der Waals surface area (Å²) in [5, 5.41) is 4.87. The Morgan fingerprint density at radius 3 is 2.67 bits per heavy atom. The maximum atomic E-state index is 12.8. The minimum absolute atomic E-state index is 0.0931. The first-order valence-corrected chi connectivity index (χ1v) is 9.18. The lowest BCUT2D eigenvalue weighted by atomic mass is 9.97. The van der Waals surface area contributed by atoms with Crippen molar-refractivity contribution in [3.63, 3.8) is 0 Å². The van der Waals surface area contributed by atoms with Gasteiger partial charge < -0.3 is 10.2 Å². The van der Waals surface area contributed by atoms with Gasteiger partial charge in [-0.15, -0.1) is 11.3 Å². The van der Waals surface area contributed by atoms with Gasteiger partial charge in [0.05, 0.1) is 12.5 Å². The van der Waals surface area contributed by atoms with E-state index in [4.69, 9.17) is 0 Å². The minimum Gasteiger partial charge on any atom is -0.335 e. The molecule has 0 aliphatic carbocycles. The molecule has 2 aromatic rings. The number of nitrogens with zero attached hydrogens (tertiary/aromatic N) is 1. The summed E-state index contributed by atoms with van der Waals surface area (Å²) in [4.78, 5) is 27.3. The molecule has 1 aromatic heterocycles. The predicted octanol–water partition coefficient (Wildman–Crippen LogP) is 3.79. The lowest BCUT2D eigenvalue weighted by Crippen LogP contribution is -2.40. The van der Waals surface area contributed by atoms with Crippen molar-refractivity contribution >= 4 is 28.8 Å². The van der Waals surface area contributed by atoms with Gasteiger partial charge in [0.1, 0.15) is 0 Å². The standard InChI is InChI=1S/C19H22N2O2S/c1-3-17-16-9-11-24-18(16)8-10-21(17)19(23)12-14-4-6-15(7-5-14)20-13(2)22/h4-7,9,11,17H,3,8,10,12H2,1-2H3,(H,20,22)/t17-/m0/s1. The van der Waals surface area contributed by atoms with Crippen molar-refractivity contribution < 1.29 is 9.59 Å². The Hall–Kier alpha value is -2.14. The van der Waals surface area contributed by atoms with E-state index in [2.05, 4.69) is 23.7 Å². The number of nitrogens with one attached hydrogen (secondary N) is 1. The largest absolute Gasteiger partial charge is 0.335 e. The number of hydrogen-bond acceptors (Lipinski definition) is 3. The second-order valence-electron chi connectivity index (χ2n) is 6.12. The zero-order chi connectivity index (χ0) is 17.1. The first-order chi connectivity index (χ1) is 11.6. The van der Waals surface area contributed by atoms with Crippen LogP contribution in [0.2, 0.25) is 0 Å². The van der Waals surface area contributed by atoms with Crippen LogP contribution in [0.15, 0.2) is 35.7 Å². The first-order valence-electron chi connectivity index (χ1n) is 8.30. The number of carbonyl (C=O) groups is 2. The van der Waals surface area contributed by atoms with Crippen LogP contribution < -0.4 is 5.32 Å². The SMILES string of the molecule is CC[C@H]1c2ccsc2CCN1C(=O)Cc1ccc(NC(C)=O)cc1. The van der Waals surface area contributed by atoms with Crippen LogP contribution in [0.4, 0.5) is 5.69 Å². The van der Waals surface area contributed by atoms with Gasteiger partial charge in [-0.2, -0.15) is 0 Å². The highest BCUT2D eigenvalue weighted by molar-refractivity contribution is 7.10. The lowest BCUT2D eigenvalue weighted by molar-refractivity contribution is -0.133. The Balaban J connectivity index is 1.69. The molecule has 5 heteroatoms. The molecule has 2 amide bonds. The molecule has 2 heterocycles. The molecule has 1 aliphatic rings. The molecule has 4 nitrogen and oxygen atoms in total. The van der Waals surface area contributed by atoms with E-state index in [1.54, 1.807) is 11.3 Å². The van der Waals surface area contributed by atoms with Crippen molar-refractivity contribution in [3.8, 4) is 0 Å². The maximum absolute atomic E-state index is 12.8. The Morgan fingerprint density at radius 1 is 1.25 bits per heavy atom. The fourth-order valence-corrected chi connectivity index (χ4v) is 4.25. The number of hydrogen-bond donors (Lipinski definition) is 1. The molecule has 0 fully saturated rings. The number of rotatable bonds is 4. The predicted molar refractivity (Wildman–Crippen MR) is 97.2 cm³/mol. The molecule has 1 aliphatic heterocycles. The van der Waals surface area contributed by atoms with E-state index in [0.29, 0.717) is 6.42 Å². The number of amides is 2. The average Bonchev–Trinajstić information content (AvgIpc) is 3.03. The minimum atomic E-state index is -0.0931. The molecule has 0 saturated heterocycles. The molecule has 0 bridgehead atoms. The van der Waals surface area contributed by atoms with Gasteiger partial charge >= 0.3 is 0 Å². The zero-order valence-electron chi connectivity index (χ0n) is 14.0. The van der Waals surface area contributed by atoms with Crippen LogP contribution >= 0.6 is 11.3 Å². The average molecular weight is 342 g/mol. The highest BCUT2D eigenvalue weighted by Crippen LogP contribution is 2.35. The fraction of sp³-hybridized carbons (Fsp3) is 0.368. The topological polar surface area (TPSA) is 49.4 Å². The van der Waals surface area contributed by atoms with Gasteiger partial charge in [0.2, 0.25) is 11.8 Å². The molecule has 24 heavy (non-hydrogen) atoms. The summed E-state index contributed by atoms with van der Waals surface area (Å²) in [6, 6.07) is 9.86. The lowest BCUT2D eigenvalue weighted by Gasteiger charge is -2.35. The van der Waals surface area contributed by atoms with Crippen LogP contribution in [0.25, 0.3) is 0 Å². The van der Waals surface area contributed by atoms with E-state index >= 15 is 0 Å². The highest BCUT2D eigenvalue weighted by Gasteiger charge is 2.30. The van der Waals surface area contributed by atoms with E-state index in [-0.39, 0.29) is 17.9 Å². The second kappa shape index (κ2) is 7.18. The maximum Gasteiger partial charge on any atom is 0.227 e. The summed E-state index contributed by atoms with van der Waals surface area (Å²) in [5.74, 6) is 0.0791. The Morgan fingerprint density at radius 2 is 2.00 bits per heavy atom. The quantitative estimate of drug-likeness (QED) is 0.919.